The highest BCUT2D eigenvalue weighted by Gasteiger charge is 2.28. The fourth-order valence-electron chi connectivity index (χ4n) is 2.86. The monoisotopic (exact) mass is 321 g/mol. The summed E-state index contributed by atoms with van der Waals surface area (Å²) in [6, 6.07) is 6.72. The van der Waals surface area contributed by atoms with Gasteiger partial charge in [0.05, 0.1) is 4.90 Å². The third kappa shape index (κ3) is 2.89. The summed E-state index contributed by atoms with van der Waals surface area (Å²) < 4.78 is 29.5. The molecule has 0 unspecified atom stereocenters. The lowest BCUT2D eigenvalue weighted by Gasteiger charge is -2.17. The third-order valence-electron chi connectivity index (χ3n) is 4.19. The van der Waals surface area contributed by atoms with Crippen LogP contribution in [0.4, 0.5) is 0 Å². The molecule has 1 aromatic heterocycles. The van der Waals surface area contributed by atoms with Crippen LogP contribution >= 0.6 is 0 Å². The molecule has 0 bridgehead atoms. The summed E-state index contributed by atoms with van der Waals surface area (Å²) >= 11 is 0. The van der Waals surface area contributed by atoms with Crippen LogP contribution in [0.2, 0.25) is 0 Å². The number of benzene rings is 1. The van der Waals surface area contributed by atoms with E-state index in [9.17, 15) is 8.42 Å². The van der Waals surface area contributed by atoms with Crippen LogP contribution in [0.25, 0.3) is 11.4 Å². The normalized spacial score (nSPS) is 22.1. The number of rotatable bonds is 4. The van der Waals surface area contributed by atoms with Crippen molar-refractivity contribution in [2.24, 2.45) is 13.0 Å². The maximum absolute atomic E-state index is 12.6. The van der Waals surface area contributed by atoms with Crippen molar-refractivity contribution >= 4 is 10.0 Å². The Bertz CT molecular complexity index is 771. The first kappa shape index (κ1) is 15.1. The average Bonchev–Trinajstić information content (AvgIpc) is 3.08. The molecule has 1 fully saturated rings. The van der Waals surface area contributed by atoms with Crippen molar-refractivity contribution in [3.63, 3.8) is 0 Å². The Kier molecular flexibility index (Phi) is 3.96. The van der Waals surface area contributed by atoms with Crippen LogP contribution in [0.15, 0.2) is 29.2 Å². The second kappa shape index (κ2) is 5.77. The second-order valence-electron chi connectivity index (χ2n) is 5.79. The van der Waals surface area contributed by atoms with Gasteiger partial charge in [-0.1, -0.05) is 25.5 Å². The van der Waals surface area contributed by atoms with Gasteiger partial charge in [0.2, 0.25) is 10.0 Å². The first-order valence-corrected chi connectivity index (χ1v) is 8.81. The summed E-state index contributed by atoms with van der Waals surface area (Å²) in [7, 11) is -1.81. The zero-order valence-electron chi connectivity index (χ0n) is 12.6. The molecule has 1 saturated carbocycles. The molecule has 0 aliphatic heterocycles. The Morgan fingerprint density at radius 2 is 2.14 bits per heavy atom. The van der Waals surface area contributed by atoms with Gasteiger partial charge in [-0.2, -0.15) is 0 Å². The molecule has 22 heavy (non-hydrogen) atoms. The Hall–Kier alpha value is -1.80. The van der Waals surface area contributed by atoms with E-state index in [0.29, 0.717) is 17.3 Å². The molecule has 8 heteroatoms. The van der Waals surface area contributed by atoms with Crippen molar-refractivity contribution in [2.45, 2.75) is 37.1 Å². The Labute approximate surface area is 129 Å². The molecular weight excluding hydrogens is 302 g/mol. The summed E-state index contributed by atoms with van der Waals surface area (Å²) in [5.74, 6) is 0.909. The quantitative estimate of drug-likeness (QED) is 0.918. The molecule has 0 radical (unpaired) electrons. The topological polar surface area (TPSA) is 89.8 Å². The molecule has 1 heterocycles. The van der Waals surface area contributed by atoms with Crippen LogP contribution in [0.5, 0.6) is 0 Å². The summed E-state index contributed by atoms with van der Waals surface area (Å²) in [5.41, 5.74) is 0.676. The van der Waals surface area contributed by atoms with Gasteiger partial charge in [0.15, 0.2) is 5.82 Å². The first-order chi connectivity index (χ1) is 10.5. The highest BCUT2D eigenvalue weighted by Crippen LogP contribution is 2.27. The number of hydrogen-bond donors (Lipinski definition) is 1. The van der Waals surface area contributed by atoms with Crippen molar-refractivity contribution in [3.05, 3.63) is 24.3 Å². The van der Waals surface area contributed by atoms with E-state index in [1.807, 2.05) is 0 Å². The van der Waals surface area contributed by atoms with Crippen molar-refractivity contribution < 1.29 is 8.42 Å². The largest absolute Gasteiger partial charge is 0.240 e. The Morgan fingerprint density at radius 3 is 2.77 bits per heavy atom. The van der Waals surface area contributed by atoms with Crippen molar-refractivity contribution in [1.82, 2.24) is 24.9 Å². The predicted octanol–water partition coefficient (Wildman–Crippen LogP) is 1.34. The van der Waals surface area contributed by atoms with E-state index in [1.54, 1.807) is 31.3 Å². The molecule has 1 aromatic carbocycles. The molecule has 118 valence electrons. The van der Waals surface area contributed by atoms with Gasteiger partial charge in [-0.25, -0.2) is 17.8 Å². The van der Waals surface area contributed by atoms with Gasteiger partial charge in [-0.15, -0.1) is 5.10 Å². The number of sulfonamides is 1. The molecule has 1 aliphatic carbocycles. The molecule has 0 spiro atoms. The number of nitrogens with one attached hydrogen (secondary N) is 1. The van der Waals surface area contributed by atoms with Crippen LogP contribution in [0.3, 0.4) is 0 Å². The van der Waals surface area contributed by atoms with Crippen LogP contribution in [0.1, 0.15) is 26.2 Å². The maximum Gasteiger partial charge on any atom is 0.240 e. The minimum Gasteiger partial charge on any atom is -0.229 e. The van der Waals surface area contributed by atoms with E-state index >= 15 is 0 Å². The Balaban J connectivity index is 1.89. The summed E-state index contributed by atoms with van der Waals surface area (Å²) in [6.45, 7) is 2.09. The van der Waals surface area contributed by atoms with Crippen molar-refractivity contribution in [1.29, 1.82) is 0 Å². The van der Waals surface area contributed by atoms with E-state index < -0.39 is 10.0 Å². The SMILES string of the molecule is C[C@@H]1CCC[C@H]1NS(=O)(=O)c1cccc(-c2nnnn2C)c1. The van der Waals surface area contributed by atoms with Gasteiger partial charge in [0.1, 0.15) is 0 Å². The van der Waals surface area contributed by atoms with E-state index in [0.717, 1.165) is 19.3 Å². The summed E-state index contributed by atoms with van der Waals surface area (Å²) in [5, 5.41) is 11.3. The van der Waals surface area contributed by atoms with Crippen molar-refractivity contribution in [2.75, 3.05) is 0 Å². The van der Waals surface area contributed by atoms with Crippen LogP contribution in [-0.2, 0) is 17.1 Å². The average molecular weight is 321 g/mol. The zero-order chi connectivity index (χ0) is 15.7. The zero-order valence-corrected chi connectivity index (χ0v) is 13.4. The van der Waals surface area contributed by atoms with Crippen LogP contribution in [-0.4, -0.2) is 34.7 Å². The fraction of sp³-hybridized carbons (Fsp3) is 0.500. The standard InChI is InChI=1S/C14H19N5O2S/c1-10-5-3-8-13(10)16-22(20,21)12-7-4-6-11(9-12)14-15-17-18-19(14)2/h4,6-7,9-10,13,16H,3,5,8H2,1-2H3/t10-,13-/m1/s1. The van der Waals surface area contributed by atoms with Crippen LogP contribution < -0.4 is 4.72 Å². The Morgan fingerprint density at radius 1 is 1.32 bits per heavy atom. The molecule has 0 saturated heterocycles. The molecule has 1 N–H and O–H groups in total. The summed E-state index contributed by atoms with van der Waals surface area (Å²) in [4.78, 5) is 0.243. The molecular formula is C14H19N5O2S. The van der Waals surface area contributed by atoms with E-state index in [2.05, 4.69) is 27.2 Å². The lowest BCUT2D eigenvalue weighted by atomic mass is 10.1. The minimum absolute atomic E-state index is 0.0187. The lowest BCUT2D eigenvalue weighted by molar-refractivity contribution is 0.476. The van der Waals surface area contributed by atoms with Gasteiger partial charge in [0, 0.05) is 18.7 Å². The maximum atomic E-state index is 12.6. The molecule has 1 aliphatic rings. The van der Waals surface area contributed by atoms with Gasteiger partial charge in [-0.3, -0.25) is 0 Å². The molecule has 2 aromatic rings. The minimum atomic E-state index is -3.53. The number of tetrazole rings is 1. The van der Waals surface area contributed by atoms with Crippen LogP contribution in [0, 0.1) is 5.92 Å². The van der Waals surface area contributed by atoms with Gasteiger partial charge in [-0.05, 0) is 41.3 Å². The van der Waals surface area contributed by atoms with E-state index in [-0.39, 0.29) is 10.9 Å². The predicted molar refractivity (Wildman–Crippen MR) is 81.4 cm³/mol. The van der Waals surface area contributed by atoms with Gasteiger partial charge in [0.25, 0.3) is 0 Å². The smallest absolute Gasteiger partial charge is 0.229 e. The lowest BCUT2D eigenvalue weighted by Crippen LogP contribution is -2.36. The highest BCUT2D eigenvalue weighted by atomic mass is 32.2. The number of hydrogen-bond acceptors (Lipinski definition) is 5. The first-order valence-electron chi connectivity index (χ1n) is 7.32. The third-order valence-corrected chi connectivity index (χ3v) is 5.68. The summed E-state index contributed by atoms with van der Waals surface area (Å²) in [6.07, 6.45) is 3.03. The van der Waals surface area contributed by atoms with E-state index in [4.69, 9.17) is 0 Å². The van der Waals surface area contributed by atoms with E-state index in [1.165, 1.54) is 4.68 Å². The highest BCUT2D eigenvalue weighted by molar-refractivity contribution is 7.89. The van der Waals surface area contributed by atoms with Gasteiger partial charge >= 0.3 is 0 Å². The van der Waals surface area contributed by atoms with Gasteiger partial charge < -0.3 is 0 Å². The number of aryl methyl sites for hydroxylation is 1. The molecule has 2 atom stereocenters. The molecule has 7 nitrogen and oxygen atoms in total. The molecule has 0 amide bonds. The second-order valence-corrected chi connectivity index (χ2v) is 7.50. The fourth-order valence-corrected chi connectivity index (χ4v) is 4.29. The number of aromatic nitrogens is 4. The van der Waals surface area contributed by atoms with Crippen molar-refractivity contribution in [3.8, 4) is 11.4 Å². The molecule has 3 rings (SSSR count). The number of nitrogens with zero attached hydrogens (tertiary/aromatic N) is 4.